The summed E-state index contributed by atoms with van der Waals surface area (Å²) in [7, 11) is 0. The van der Waals surface area contributed by atoms with Gasteiger partial charge in [0, 0.05) is 38.3 Å². The predicted octanol–water partition coefficient (Wildman–Crippen LogP) is 2.75. The van der Waals surface area contributed by atoms with Crippen LogP contribution in [-0.2, 0) is 4.74 Å². The van der Waals surface area contributed by atoms with Crippen molar-refractivity contribution in [2.75, 3.05) is 32.8 Å². The minimum Gasteiger partial charge on any atom is -0.450 e. The number of carbonyl (C=O) groups excluding carboxylic acids is 1. The van der Waals surface area contributed by atoms with Crippen molar-refractivity contribution in [3.05, 3.63) is 40.1 Å². The Morgan fingerprint density at radius 2 is 2.00 bits per heavy atom. The minimum atomic E-state index is -0.221. The number of amides is 1. The Morgan fingerprint density at radius 3 is 2.71 bits per heavy atom. The predicted molar refractivity (Wildman–Crippen MR) is 106 cm³/mol. The molecule has 0 spiro atoms. The van der Waals surface area contributed by atoms with Crippen LogP contribution in [0.15, 0.2) is 23.0 Å². The second-order valence-electron chi connectivity index (χ2n) is 7.47. The van der Waals surface area contributed by atoms with Crippen molar-refractivity contribution in [2.24, 2.45) is 0 Å². The number of aromatic amines is 1. The van der Waals surface area contributed by atoms with Gasteiger partial charge in [-0.05, 0) is 38.3 Å². The summed E-state index contributed by atoms with van der Waals surface area (Å²) in [5.41, 5.74) is 2.03. The van der Waals surface area contributed by atoms with Crippen LogP contribution in [0.5, 0.6) is 0 Å². The number of nitrogens with zero attached hydrogens (tertiary/aromatic N) is 4. The lowest BCUT2D eigenvalue weighted by Crippen LogP contribution is -2.44. The topological polar surface area (TPSA) is 74.9 Å². The molecular weight excluding hydrogens is 358 g/mol. The molecule has 8 nitrogen and oxygen atoms in total. The van der Waals surface area contributed by atoms with Crippen molar-refractivity contribution >= 4 is 22.8 Å². The molecule has 1 aromatic carbocycles. The van der Waals surface area contributed by atoms with Crippen molar-refractivity contribution in [2.45, 2.75) is 38.3 Å². The van der Waals surface area contributed by atoms with Crippen molar-refractivity contribution in [1.29, 1.82) is 0 Å². The van der Waals surface area contributed by atoms with Crippen LogP contribution in [-0.4, -0.2) is 64.3 Å². The molecule has 1 unspecified atom stereocenters. The second-order valence-corrected chi connectivity index (χ2v) is 7.47. The van der Waals surface area contributed by atoms with Crippen LogP contribution in [0.1, 0.15) is 32.2 Å². The summed E-state index contributed by atoms with van der Waals surface area (Å²) in [6, 6.07) is 5.81. The summed E-state index contributed by atoms with van der Waals surface area (Å²) < 4.78 is 6.93. The molecule has 3 heterocycles. The molecular formula is C20H25N5O3. The number of likely N-dealkylation sites (tertiary alicyclic amines) is 2. The van der Waals surface area contributed by atoms with Gasteiger partial charge in [-0.2, -0.15) is 0 Å². The van der Waals surface area contributed by atoms with E-state index in [1.807, 2.05) is 11.5 Å². The van der Waals surface area contributed by atoms with Gasteiger partial charge >= 0.3 is 11.8 Å². The molecule has 1 atom stereocenters. The zero-order chi connectivity index (χ0) is 19.7. The molecule has 1 aromatic heterocycles. The summed E-state index contributed by atoms with van der Waals surface area (Å²) in [4.78, 5) is 35.0. The second kappa shape index (κ2) is 7.68. The van der Waals surface area contributed by atoms with Gasteiger partial charge in [0.2, 0.25) is 0 Å². The van der Waals surface area contributed by atoms with Gasteiger partial charge in [-0.3, -0.25) is 9.47 Å². The fourth-order valence-corrected chi connectivity index (χ4v) is 4.47. The van der Waals surface area contributed by atoms with Gasteiger partial charge in [0.25, 0.3) is 0 Å². The fourth-order valence-electron chi connectivity index (χ4n) is 4.47. The molecule has 0 bridgehead atoms. The van der Waals surface area contributed by atoms with Crippen LogP contribution < -0.4 is 5.69 Å². The first-order chi connectivity index (χ1) is 13.6. The van der Waals surface area contributed by atoms with Crippen LogP contribution in [0.4, 0.5) is 10.5 Å². The van der Waals surface area contributed by atoms with Gasteiger partial charge in [0.15, 0.2) is 5.69 Å². The lowest BCUT2D eigenvalue weighted by molar-refractivity contribution is 0.105. The Labute approximate surface area is 163 Å². The average Bonchev–Trinajstić information content (AvgIpc) is 3.32. The van der Waals surface area contributed by atoms with E-state index in [0.29, 0.717) is 24.9 Å². The highest BCUT2D eigenvalue weighted by molar-refractivity contribution is 5.80. The molecule has 2 fully saturated rings. The normalized spacial score (nSPS) is 21.1. The molecule has 0 radical (unpaired) electrons. The van der Waals surface area contributed by atoms with Gasteiger partial charge in [0.1, 0.15) is 0 Å². The number of H-pyrrole nitrogens is 1. The number of piperidine rings is 1. The van der Waals surface area contributed by atoms with Crippen LogP contribution in [0.3, 0.4) is 0 Å². The zero-order valence-corrected chi connectivity index (χ0v) is 16.1. The number of imidazole rings is 1. The Bertz CT molecular complexity index is 964. The Kier molecular flexibility index (Phi) is 5.09. The van der Waals surface area contributed by atoms with E-state index < -0.39 is 0 Å². The standard InChI is InChI=1S/C20H25N5O3/c1-3-28-20(27)24-11-8-16(13-24)23-9-6-15(7-10-23)25-18-12-14(21-2)4-5-17(18)22-19(25)26/h4-5,12,15-16H,3,6-11,13H2,1H3,(H,22,26). The molecule has 2 aliphatic heterocycles. The zero-order valence-electron chi connectivity index (χ0n) is 16.1. The van der Waals surface area contributed by atoms with Crippen LogP contribution in [0.25, 0.3) is 15.9 Å². The molecule has 1 N–H and O–H groups in total. The lowest BCUT2D eigenvalue weighted by atomic mass is 10.0. The van der Waals surface area contributed by atoms with Crippen LogP contribution in [0, 0.1) is 6.57 Å². The third-order valence-electron chi connectivity index (χ3n) is 5.90. The number of ether oxygens (including phenoxy) is 1. The van der Waals surface area contributed by atoms with Crippen molar-refractivity contribution in [1.82, 2.24) is 19.4 Å². The number of aromatic nitrogens is 2. The maximum atomic E-state index is 12.5. The number of rotatable bonds is 3. The minimum absolute atomic E-state index is 0.107. The number of hydrogen-bond donors (Lipinski definition) is 1. The van der Waals surface area contributed by atoms with Gasteiger partial charge < -0.3 is 14.6 Å². The third kappa shape index (κ3) is 3.38. The molecule has 1 amide bonds. The van der Waals surface area contributed by atoms with Crippen molar-refractivity contribution < 1.29 is 9.53 Å². The van der Waals surface area contributed by atoms with E-state index >= 15 is 0 Å². The highest BCUT2D eigenvalue weighted by Gasteiger charge is 2.33. The molecule has 0 aliphatic carbocycles. The first-order valence-corrected chi connectivity index (χ1v) is 9.88. The van der Waals surface area contributed by atoms with E-state index in [4.69, 9.17) is 11.3 Å². The highest BCUT2D eigenvalue weighted by atomic mass is 16.6. The van der Waals surface area contributed by atoms with E-state index in [-0.39, 0.29) is 17.8 Å². The molecule has 4 rings (SSSR count). The molecule has 2 aromatic rings. The summed E-state index contributed by atoms with van der Waals surface area (Å²) in [5, 5.41) is 0. The summed E-state index contributed by atoms with van der Waals surface area (Å²) >= 11 is 0. The van der Waals surface area contributed by atoms with E-state index in [0.717, 1.165) is 49.9 Å². The fraction of sp³-hybridized carbons (Fsp3) is 0.550. The maximum absolute atomic E-state index is 12.5. The highest BCUT2D eigenvalue weighted by Crippen LogP contribution is 2.29. The SMILES string of the molecule is [C-]#[N+]c1ccc2[nH]c(=O)n(C3CCN(C4CCN(C(=O)OCC)C4)CC3)c2c1. The molecule has 8 heteroatoms. The van der Waals surface area contributed by atoms with Crippen molar-refractivity contribution in [3.8, 4) is 0 Å². The number of carbonyl (C=O) groups is 1. The van der Waals surface area contributed by atoms with Crippen LogP contribution >= 0.6 is 0 Å². The molecule has 148 valence electrons. The summed E-state index contributed by atoms with van der Waals surface area (Å²) in [6.07, 6.45) is 2.50. The maximum Gasteiger partial charge on any atom is 0.409 e. The van der Waals surface area contributed by atoms with Gasteiger partial charge in [-0.15, -0.1) is 0 Å². The molecule has 0 saturated carbocycles. The number of fused-ring (bicyclic) bond motifs is 1. The number of nitrogens with one attached hydrogen (secondary N) is 1. The van der Waals surface area contributed by atoms with E-state index in [1.54, 1.807) is 23.1 Å². The molecule has 2 aliphatic rings. The summed E-state index contributed by atoms with van der Waals surface area (Å²) in [5.74, 6) is 0. The molecule has 28 heavy (non-hydrogen) atoms. The largest absolute Gasteiger partial charge is 0.450 e. The summed E-state index contributed by atoms with van der Waals surface area (Å²) in [6.45, 7) is 12.7. The van der Waals surface area contributed by atoms with E-state index in [1.165, 1.54) is 0 Å². The van der Waals surface area contributed by atoms with Crippen LogP contribution in [0.2, 0.25) is 0 Å². The Balaban J connectivity index is 1.43. The molecule has 2 saturated heterocycles. The quantitative estimate of drug-likeness (QED) is 0.827. The monoisotopic (exact) mass is 383 g/mol. The van der Waals surface area contributed by atoms with Crippen molar-refractivity contribution in [3.63, 3.8) is 0 Å². The Hall–Kier alpha value is -2.79. The number of hydrogen-bond acceptors (Lipinski definition) is 4. The first kappa shape index (κ1) is 18.6. The first-order valence-electron chi connectivity index (χ1n) is 9.88. The Morgan fingerprint density at radius 1 is 1.25 bits per heavy atom. The lowest BCUT2D eigenvalue weighted by Gasteiger charge is -2.36. The van der Waals surface area contributed by atoms with Gasteiger partial charge in [-0.25, -0.2) is 14.4 Å². The van der Waals surface area contributed by atoms with Gasteiger partial charge in [0.05, 0.1) is 24.2 Å². The van der Waals surface area contributed by atoms with E-state index in [9.17, 15) is 9.59 Å². The van der Waals surface area contributed by atoms with E-state index in [2.05, 4.69) is 14.7 Å². The smallest absolute Gasteiger partial charge is 0.409 e. The third-order valence-corrected chi connectivity index (χ3v) is 5.90. The number of benzene rings is 1. The van der Waals surface area contributed by atoms with Gasteiger partial charge in [-0.1, -0.05) is 6.07 Å². The average molecular weight is 383 g/mol.